The number of anilines is 2. The molecule has 2 aromatic carbocycles. The Labute approximate surface area is 227 Å². The molecule has 1 aliphatic rings. The smallest absolute Gasteiger partial charge is 0.270 e. The third kappa shape index (κ3) is 7.41. The van der Waals surface area contributed by atoms with Gasteiger partial charge in [0, 0.05) is 36.5 Å². The van der Waals surface area contributed by atoms with Gasteiger partial charge in [-0.2, -0.15) is 0 Å². The lowest BCUT2D eigenvalue weighted by Gasteiger charge is -2.24. The average Bonchev–Trinajstić information content (AvgIpc) is 2.91. The van der Waals surface area contributed by atoms with Crippen molar-refractivity contribution >= 4 is 46.7 Å². The maximum Gasteiger partial charge on any atom is 0.270 e. The fraction of sp³-hybridized carbons (Fsp3) is 0.292. The Bertz CT molecular complexity index is 1360. The Kier molecular flexibility index (Phi) is 9.53. The SMILES string of the molecule is NC(=O)c1ccc2c(c1)Nc1ccc([N+](=O)[O-])cc1C(=O)N[C@@H](CCCN=C(N)N)C(=O)N[C@@H](CO)C(=O)NC2. The zero-order valence-electron chi connectivity index (χ0n) is 21.2. The van der Waals surface area contributed by atoms with Crippen molar-refractivity contribution in [1.29, 1.82) is 0 Å². The Morgan fingerprint density at radius 3 is 2.42 bits per heavy atom. The number of aliphatic hydroxyl groups is 1. The van der Waals surface area contributed by atoms with Gasteiger partial charge < -0.3 is 43.6 Å². The average molecular weight is 556 g/mol. The van der Waals surface area contributed by atoms with E-state index in [9.17, 15) is 34.4 Å². The Balaban J connectivity index is 2.10. The van der Waals surface area contributed by atoms with Crippen LogP contribution in [0.15, 0.2) is 41.4 Å². The molecule has 0 bridgehead atoms. The molecule has 0 radical (unpaired) electrons. The molecule has 40 heavy (non-hydrogen) atoms. The highest BCUT2D eigenvalue weighted by Gasteiger charge is 2.28. The van der Waals surface area contributed by atoms with Gasteiger partial charge in [-0.1, -0.05) is 6.07 Å². The summed E-state index contributed by atoms with van der Waals surface area (Å²) in [6.45, 7) is -0.718. The van der Waals surface area contributed by atoms with Gasteiger partial charge in [-0.15, -0.1) is 0 Å². The molecule has 16 heteroatoms. The zero-order chi connectivity index (χ0) is 29.4. The van der Waals surface area contributed by atoms with Crippen LogP contribution in [-0.2, 0) is 16.1 Å². The van der Waals surface area contributed by atoms with Gasteiger partial charge in [-0.25, -0.2) is 0 Å². The number of aliphatic imine (C=N–C) groups is 1. The number of primary amides is 1. The van der Waals surface area contributed by atoms with Crippen LogP contribution in [0.4, 0.5) is 17.1 Å². The molecule has 0 fully saturated rings. The van der Waals surface area contributed by atoms with Gasteiger partial charge in [0.15, 0.2) is 5.96 Å². The van der Waals surface area contributed by atoms with Crippen molar-refractivity contribution in [1.82, 2.24) is 16.0 Å². The number of amides is 4. The molecule has 212 valence electrons. The minimum Gasteiger partial charge on any atom is -0.394 e. The first-order valence-electron chi connectivity index (χ1n) is 12.0. The highest BCUT2D eigenvalue weighted by Crippen LogP contribution is 2.28. The second-order valence-electron chi connectivity index (χ2n) is 8.78. The standard InChI is InChI=1S/C24H29N9O7/c25-20(35)12-3-4-13-10-29-22(37)19(11-34)32-23(38)17(2-1-7-28-24(26)27)31-21(36)15-9-14(33(39)40)5-6-16(15)30-18(13)8-12/h3-6,8-9,17,19,30,34H,1-2,7,10-11H2,(H2,25,35)(H,29,37)(H,31,36)(H,32,38)(H4,26,27,28)/t17-,19-/m0/s1. The van der Waals surface area contributed by atoms with Gasteiger partial charge in [-0.3, -0.25) is 34.3 Å². The van der Waals surface area contributed by atoms with Crippen LogP contribution in [0, 0.1) is 10.1 Å². The van der Waals surface area contributed by atoms with Crippen LogP contribution in [0.1, 0.15) is 39.1 Å². The monoisotopic (exact) mass is 555 g/mol. The molecule has 16 nitrogen and oxygen atoms in total. The number of carbonyl (C=O) groups is 4. The summed E-state index contributed by atoms with van der Waals surface area (Å²) in [5.74, 6) is -3.23. The lowest BCUT2D eigenvalue weighted by molar-refractivity contribution is -0.384. The Morgan fingerprint density at radius 1 is 1.02 bits per heavy atom. The summed E-state index contributed by atoms with van der Waals surface area (Å²) in [5, 5.41) is 31.8. The summed E-state index contributed by atoms with van der Waals surface area (Å²) in [6, 6.07) is 5.26. The third-order valence-corrected chi connectivity index (χ3v) is 5.96. The van der Waals surface area contributed by atoms with E-state index in [0.29, 0.717) is 5.56 Å². The predicted octanol–water partition coefficient (Wildman–Crippen LogP) is -1.30. The van der Waals surface area contributed by atoms with Crippen molar-refractivity contribution < 1.29 is 29.2 Å². The van der Waals surface area contributed by atoms with Crippen molar-refractivity contribution in [2.24, 2.45) is 22.2 Å². The summed E-state index contributed by atoms with van der Waals surface area (Å²) >= 11 is 0. The lowest BCUT2D eigenvalue weighted by Crippen LogP contribution is -2.55. The van der Waals surface area contributed by atoms with Crippen LogP contribution in [0.3, 0.4) is 0 Å². The number of nitrogens with one attached hydrogen (secondary N) is 4. The van der Waals surface area contributed by atoms with Crippen molar-refractivity contribution in [2.45, 2.75) is 31.5 Å². The molecular formula is C24H29N9O7. The number of aliphatic hydroxyl groups excluding tert-OH is 1. The molecule has 2 aromatic rings. The maximum absolute atomic E-state index is 13.4. The molecule has 0 unspecified atom stereocenters. The van der Waals surface area contributed by atoms with Gasteiger partial charge in [0.2, 0.25) is 17.7 Å². The number of guanidine groups is 1. The predicted molar refractivity (Wildman–Crippen MR) is 143 cm³/mol. The van der Waals surface area contributed by atoms with E-state index >= 15 is 0 Å². The topological polar surface area (TPSA) is 270 Å². The number of non-ortho nitro benzene ring substituents is 1. The second-order valence-corrected chi connectivity index (χ2v) is 8.78. The molecular weight excluding hydrogens is 526 g/mol. The molecule has 4 amide bonds. The van der Waals surface area contributed by atoms with Crippen LogP contribution < -0.4 is 38.5 Å². The summed E-state index contributed by atoms with van der Waals surface area (Å²) in [7, 11) is 0. The molecule has 0 saturated carbocycles. The molecule has 0 aliphatic carbocycles. The third-order valence-electron chi connectivity index (χ3n) is 5.96. The fourth-order valence-electron chi connectivity index (χ4n) is 3.87. The zero-order valence-corrected chi connectivity index (χ0v) is 21.2. The molecule has 0 spiro atoms. The van der Waals surface area contributed by atoms with Gasteiger partial charge >= 0.3 is 0 Å². The van der Waals surface area contributed by atoms with Crippen LogP contribution >= 0.6 is 0 Å². The Hall–Kier alpha value is -5.25. The Morgan fingerprint density at radius 2 is 1.77 bits per heavy atom. The molecule has 0 aromatic heterocycles. The first kappa shape index (κ1) is 29.3. The molecule has 3 rings (SSSR count). The van der Waals surface area contributed by atoms with Crippen LogP contribution in [-0.4, -0.2) is 64.9 Å². The molecule has 2 atom stereocenters. The highest BCUT2D eigenvalue weighted by molar-refractivity contribution is 6.04. The molecule has 1 aliphatic heterocycles. The van der Waals surface area contributed by atoms with Gasteiger partial charge in [0.25, 0.3) is 11.6 Å². The van der Waals surface area contributed by atoms with E-state index in [1.54, 1.807) is 0 Å². The van der Waals surface area contributed by atoms with Crippen molar-refractivity contribution in [3.8, 4) is 0 Å². The summed E-state index contributed by atoms with van der Waals surface area (Å²) in [4.78, 5) is 65.7. The lowest BCUT2D eigenvalue weighted by atomic mass is 10.0. The van der Waals surface area contributed by atoms with E-state index < -0.39 is 47.2 Å². The second kappa shape index (κ2) is 13.0. The summed E-state index contributed by atoms with van der Waals surface area (Å²) in [5.41, 5.74) is 16.5. The number of hydrogen-bond acceptors (Lipinski definition) is 9. The number of nitrogens with zero attached hydrogens (tertiary/aromatic N) is 2. The largest absolute Gasteiger partial charge is 0.394 e. The normalized spacial score (nSPS) is 17.5. The minimum atomic E-state index is -1.36. The quantitative estimate of drug-likeness (QED) is 0.0657. The van der Waals surface area contributed by atoms with E-state index in [1.165, 1.54) is 30.3 Å². The van der Waals surface area contributed by atoms with Crippen molar-refractivity contribution in [3.05, 3.63) is 63.2 Å². The van der Waals surface area contributed by atoms with E-state index in [-0.39, 0.29) is 60.1 Å². The van der Waals surface area contributed by atoms with Gasteiger partial charge in [-0.05, 0) is 36.6 Å². The first-order chi connectivity index (χ1) is 19.0. The van der Waals surface area contributed by atoms with Gasteiger partial charge in [0.05, 0.1) is 22.8 Å². The van der Waals surface area contributed by atoms with E-state index in [0.717, 1.165) is 6.07 Å². The minimum absolute atomic E-state index is 0.0244. The number of nitro benzene ring substituents is 1. The number of nitro groups is 1. The van der Waals surface area contributed by atoms with Crippen molar-refractivity contribution in [3.63, 3.8) is 0 Å². The number of hydrogen-bond donors (Lipinski definition) is 8. The van der Waals surface area contributed by atoms with Gasteiger partial charge in [0.1, 0.15) is 12.1 Å². The summed E-state index contributed by atoms with van der Waals surface area (Å²) < 4.78 is 0. The van der Waals surface area contributed by atoms with Crippen LogP contribution in [0.2, 0.25) is 0 Å². The highest BCUT2D eigenvalue weighted by atomic mass is 16.6. The maximum atomic E-state index is 13.4. The van der Waals surface area contributed by atoms with E-state index in [1.807, 2.05) is 0 Å². The number of carbonyl (C=O) groups excluding carboxylic acids is 4. The number of rotatable bonds is 7. The molecule has 11 N–H and O–H groups in total. The van der Waals surface area contributed by atoms with Crippen LogP contribution in [0.5, 0.6) is 0 Å². The van der Waals surface area contributed by atoms with Crippen LogP contribution in [0.25, 0.3) is 0 Å². The number of fused-ring (bicyclic) bond motifs is 2. The summed E-state index contributed by atoms with van der Waals surface area (Å²) in [6.07, 6.45) is 0.270. The fourth-order valence-corrected chi connectivity index (χ4v) is 3.87. The number of nitrogens with two attached hydrogens (primary N) is 3. The molecule has 1 heterocycles. The molecule has 0 saturated heterocycles. The van der Waals surface area contributed by atoms with E-state index in [4.69, 9.17) is 17.2 Å². The first-order valence-corrected chi connectivity index (χ1v) is 12.0. The van der Waals surface area contributed by atoms with E-state index in [2.05, 4.69) is 26.3 Å². The number of benzene rings is 2. The van der Waals surface area contributed by atoms with Crippen molar-refractivity contribution in [2.75, 3.05) is 18.5 Å².